The predicted octanol–water partition coefficient (Wildman–Crippen LogP) is 2.68. The monoisotopic (exact) mass is 273 g/mol. The highest BCUT2D eigenvalue weighted by molar-refractivity contribution is 5.50. The van der Waals surface area contributed by atoms with Crippen molar-refractivity contribution in [3.05, 3.63) is 53.1 Å². The molecule has 0 saturated carbocycles. The number of ether oxygens (including phenoxy) is 2. The standard InChI is InChI=1S/C16H19NO3/c1-10-8-11(4-6-13(10)17)16(18)12-5-7-14(19-2)15(9-12)20-3/h4-9,16,18H,17H2,1-3H3/t16-/m1/s1. The van der Waals surface area contributed by atoms with Gasteiger partial charge in [0.05, 0.1) is 14.2 Å². The molecule has 0 amide bonds. The third-order valence-electron chi connectivity index (χ3n) is 3.33. The minimum absolute atomic E-state index is 0.594. The predicted molar refractivity (Wildman–Crippen MR) is 79.2 cm³/mol. The van der Waals surface area contributed by atoms with E-state index in [0.29, 0.717) is 17.2 Å². The van der Waals surface area contributed by atoms with Crippen LogP contribution in [0, 0.1) is 6.92 Å². The summed E-state index contributed by atoms with van der Waals surface area (Å²) in [6.45, 7) is 1.92. The third kappa shape index (κ3) is 2.70. The highest BCUT2D eigenvalue weighted by Crippen LogP contribution is 2.32. The van der Waals surface area contributed by atoms with Crippen LogP contribution >= 0.6 is 0 Å². The van der Waals surface area contributed by atoms with E-state index in [1.165, 1.54) is 0 Å². The molecule has 0 unspecified atom stereocenters. The van der Waals surface area contributed by atoms with Crippen LogP contribution in [0.4, 0.5) is 5.69 Å². The quantitative estimate of drug-likeness (QED) is 0.841. The molecule has 0 aliphatic rings. The number of nitrogen functional groups attached to an aromatic ring is 1. The number of rotatable bonds is 4. The Morgan fingerprint density at radius 3 is 2.15 bits per heavy atom. The maximum atomic E-state index is 10.5. The maximum absolute atomic E-state index is 10.5. The van der Waals surface area contributed by atoms with Gasteiger partial charge in [0.2, 0.25) is 0 Å². The smallest absolute Gasteiger partial charge is 0.161 e. The van der Waals surface area contributed by atoms with Crippen molar-refractivity contribution >= 4 is 5.69 Å². The van der Waals surface area contributed by atoms with E-state index < -0.39 is 6.10 Å². The molecule has 3 N–H and O–H groups in total. The molecular formula is C16H19NO3. The second-order valence-corrected chi connectivity index (χ2v) is 4.63. The summed E-state index contributed by atoms with van der Waals surface area (Å²) in [5.74, 6) is 1.23. The summed E-state index contributed by atoms with van der Waals surface area (Å²) >= 11 is 0. The number of methoxy groups -OCH3 is 2. The fourth-order valence-electron chi connectivity index (χ4n) is 2.08. The second-order valence-electron chi connectivity index (χ2n) is 4.63. The molecule has 2 aromatic rings. The maximum Gasteiger partial charge on any atom is 0.161 e. The number of benzene rings is 2. The van der Waals surface area contributed by atoms with E-state index in [1.807, 2.05) is 25.1 Å². The second kappa shape index (κ2) is 5.84. The van der Waals surface area contributed by atoms with Gasteiger partial charge >= 0.3 is 0 Å². The van der Waals surface area contributed by atoms with Crippen molar-refractivity contribution < 1.29 is 14.6 Å². The van der Waals surface area contributed by atoms with E-state index in [4.69, 9.17) is 15.2 Å². The third-order valence-corrected chi connectivity index (χ3v) is 3.33. The molecule has 0 saturated heterocycles. The fraction of sp³-hybridized carbons (Fsp3) is 0.250. The van der Waals surface area contributed by atoms with Crippen LogP contribution in [0.3, 0.4) is 0 Å². The van der Waals surface area contributed by atoms with Gasteiger partial charge < -0.3 is 20.3 Å². The Labute approximate surface area is 118 Å². The Bertz CT molecular complexity index is 611. The summed E-state index contributed by atoms with van der Waals surface area (Å²) in [5, 5.41) is 10.5. The van der Waals surface area contributed by atoms with E-state index in [0.717, 1.165) is 16.7 Å². The summed E-state index contributed by atoms with van der Waals surface area (Å²) < 4.78 is 10.4. The van der Waals surface area contributed by atoms with Crippen molar-refractivity contribution in [3.63, 3.8) is 0 Å². The number of aryl methyl sites for hydroxylation is 1. The van der Waals surface area contributed by atoms with Crippen LogP contribution in [0.2, 0.25) is 0 Å². The van der Waals surface area contributed by atoms with Crippen molar-refractivity contribution in [2.45, 2.75) is 13.0 Å². The first-order chi connectivity index (χ1) is 9.56. The summed E-state index contributed by atoms with van der Waals surface area (Å²) in [6.07, 6.45) is -0.728. The largest absolute Gasteiger partial charge is 0.493 e. The van der Waals surface area contributed by atoms with E-state index in [2.05, 4.69) is 0 Å². The SMILES string of the molecule is COc1ccc([C@H](O)c2ccc(N)c(C)c2)cc1OC. The minimum atomic E-state index is -0.728. The van der Waals surface area contributed by atoms with Crippen LogP contribution in [0.5, 0.6) is 11.5 Å². The zero-order valence-electron chi connectivity index (χ0n) is 11.9. The highest BCUT2D eigenvalue weighted by atomic mass is 16.5. The Morgan fingerprint density at radius 1 is 0.950 bits per heavy atom. The molecule has 2 rings (SSSR count). The number of anilines is 1. The molecule has 0 aliphatic carbocycles. The first kappa shape index (κ1) is 14.2. The van der Waals surface area contributed by atoms with Crippen LogP contribution in [0.1, 0.15) is 22.8 Å². The van der Waals surface area contributed by atoms with Crippen molar-refractivity contribution in [3.8, 4) is 11.5 Å². The van der Waals surface area contributed by atoms with Crippen molar-refractivity contribution in [1.82, 2.24) is 0 Å². The van der Waals surface area contributed by atoms with Gasteiger partial charge in [-0.05, 0) is 41.8 Å². The molecule has 0 radical (unpaired) electrons. The molecular weight excluding hydrogens is 254 g/mol. The van der Waals surface area contributed by atoms with Gasteiger partial charge in [0, 0.05) is 5.69 Å². The van der Waals surface area contributed by atoms with E-state index in [1.54, 1.807) is 32.4 Å². The number of hydrogen-bond acceptors (Lipinski definition) is 4. The summed E-state index contributed by atoms with van der Waals surface area (Å²) in [4.78, 5) is 0. The average Bonchev–Trinajstić information content (AvgIpc) is 2.48. The molecule has 20 heavy (non-hydrogen) atoms. The van der Waals surface area contributed by atoms with Crippen LogP contribution in [0.25, 0.3) is 0 Å². The Balaban J connectivity index is 2.37. The van der Waals surface area contributed by atoms with Gasteiger partial charge in [-0.25, -0.2) is 0 Å². The lowest BCUT2D eigenvalue weighted by Crippen LogP contribution is -2.02. The molecule has 0 aromatic heterocycles. The molecule has 0 fully saturated rings. The number of nitrogens with two attached hydrogens (primary N) is 1. The summed E-state index contributed by atoms with van der Waals surface area (Å²) in [6, 6.07) is 10.9. The number of hydrogen-bond donors (Lipinski definition) is 2. The molecule has 0 bridgehead atoms. The molecule has 0 spiro atoms. The lowest BCUT2D eigenvalue weighted by molar-refractivity contribution is 0.219. The van der Waals surface area contributed by atoms with Gasteiger partial charge in [0.25, 0.3) is 0 Å². The van der Waals surface area contributed by atoms with E-state index >= 15 is 0 Å². The minimum Gasteiger partial charge on any atom is -0.493 e. The number of aliphatic hydroxyl groups is 1. The van der Waals surface area contributed by atoms with E-state index in [-0.39, 0.29) is 0 Å². The first-order valence-electron chi connectivity index (χ1n) is 6.33. The first-order valence-corrected chi connectivity index (χ1v) is 6.33. The van der Waals surface area contributed by atoms with Gasteiger partial charge in [0.1, 0.15) is 6.10 Å². The molecule has 106 valence electrons. The fourth-order valence-corrected chi connectivity index (χ4v) is 2.08. The van der Waals surface area contributed by atoms with Gasteiger partial charge in [-0.2, -0.15) is 0 Å². The molecule has 4 nitrogen and oxygen atoms in total. The van der Waals surface area contributed by atoms with Crippen LogP contribution < -0.4 is 15.2 Å². The van der Waals surface area contributed by atoms with Crippen LogP contribution in [-0.2, 0) is 0 Å². The Kier molecular flexibility index (Phi) is 4.15. The normalized spacial score (nSPS) is 12.0. The molecule has 0 aliphatic heterocycles. The highest BCUT2D eigenvalue weighted by Gasteiger charge is 2.14. The van der Waals surface area contributed by atoms with Gasteiger partial charge in [-0.15, -0.1) is 0 Å². The van der Waals surface area contributed by atoms with Crippen LogP contribution in [-0.4, -0.2) is 19.3 Å². The van der Waals surface area contributed by atoms with Gasteiger partial charge in [0.15, 0.2) is 11.5 Å². The van der Waals surface area contributed by atoms with Gasteiger partial charge in [-0.1, -0.05) is 18.2 Å². The zero-order valence-corrected chi connectivity index (χ0v) is 11.9. The lowest BCUT2D eigenvalue weighted by atomic mass is 9.99. The molecule has 2 aromatic carbocycles. The number of aliphatic hydroxyl groups excluding tert-OH is 1. The molecule has 1 atom stereocenters. The zero-order chi connectivity index (χ0) is 14.7. The summed E-state index contributed by atoms with van der Waals surface area (Å²) in [7, 11) is 3.15. The average molecular weight is 273 g/mol. The lowest BCUT2D eigenvalue weighted by Gasteiger charge is -2.15. The molecule has 4 heteroatoms. The van der Waals surface area contributed by atoms with Crippen molar-refractivity contribution in [2.24, 2.45) is 0 Å². The molecule has 0 heterocycles. The van der Waals surface area contributed by atoms with Crippen molar-refractivity contribution in [1.29, 1.82) is 0 Å². The Morgan fingerprint density at radius 2 is 1.55 bits per heavy atom. The summed E-state index contributed by atoms with van der Waals surface area (Å²) in [5.41, 5.74) is 8.99. The topological polar surface area (TPSA) is 64.7 Å². The van der Waals surface area contributed by atoms with E-state index in [9.17, 15) is 5.11 Å². The van der Waals surface area contributed by atoms with Gasteiger partial charge in [-0.3, -0.25) is 0 Å². The Hall–Kier alpha value is -2.20. The van der Waals surface area contributed by atoms with Crippen molar-refractivity contribution in [2.75, 3.05) is 20.0 Å². The van der Waals surface area contributed by atoms with Crippen LogP contribution in [0.15, 0.2) is 36.4 Å².